The van der Waals surface area contributed by atoms with Gasteiger partial charge in [-0.3, -0.25) is 4.79 Å². The van der Waals surface area contributed by atoms with E-state index in [0.717, 1.165) is 13.0 Å². The van der Waals surface area contributed by atoms with Crippen LogP contribution in [0.25, 0.3) is 0 Å². The molecule has 1 aliphatic heterocycles. The zero-order valence-electron chi connectivity index (χ0n) is 9.12. The minimum Gasteiger partial charge on any atom is -0.338 e. The number of carbonyl (C=O) groups excluding carboxylic acids is 1. The summed E-state index contributed by atoms with van der Waals surface area (Å²) in [5, 5.41) is 0.691. The molecule has 1 saturated carbocycles. The molecule has 3 unspecified atom stereocenters. The van der Waals surface area contributed by atoms with Crippen LogP contribution in [0.3, 0.4) is 0 Å². The van der Waals surface area contributed by atoms with Crippen molar-refractivity contribution in [1.82, 2.24) is 4.90 Å². The molecule has 3 atom stereocenters. The Morgan fingerprint density at radius 3 is 2.87 bits per heavy atom. The number of hydrogen-bond acceptors (Lipinski definition) is 2. The largest absolute Gasteiger partial charge is 0.338 e. The van der Waals surface area contributed by atoms with Crippen molar-refractivity contribution in [3.05, 3.63) is 0 Å². The van der Waals surface area contributed by atoms with Crippen molar-refractivity contribution >= 4 is 33.6 Å². The van der Waals surface area contributed by atoms with Crippen LogP contribution in [-0.4, -0.2) is 39.2 Å². The van der Waals surface area contributed by atoms with Crippen LogP contribution in [0, 0.1) is 0 Å². The fourth-order valence-corrected chi connectivity index (χ4v) is 4.40. The van der Waals surface area contributed by atoms with E-state index in [-0.39, 0.29) is 4.83 Å². The van der Waals surface area contributed by atoms with E-state index >= 15 is 0 Å². The lowest BCUT2D eigenvalue weighted by Crippen LogP contribution is -2.41. The molecular formula is C11H18BrNOS. The van der Waals surface area contributed by atoms with Gasteiger partial charge in [0.15, 0.2) is 0 Å². The monoisotopic (exact) mass is 291 g/mol. The van der Waals surface area contributed by atoms with Gasteiger partial charge in [0.1, 0.15) is 0 Å². The Morgan fingerprint density at radius 2 is 2.27 bits per heavy atom. The van der Waals surface area contributed by atoms with Crippen molar-refractivity contribution in [1.29, 1.82) is 0 Å². The van der Waals surface area contributed by atoms with Crippen molar-refractivity contribution in [3.63, 3.8) is 0 Å². The van der Waals surface area contributed by atoms with Gasteiger partial charge in [0.05, 0.1) is 4.83 Å². The van der Waals surface area contributed by atoms with Gasteiger partial charge in [-0.15, -0.1) is 0 Å². The van der Waals surface area contributed by atoms with E-state index in [4.69, 9.17) is 0 Å². The third-order valence-electron chi connectivity index (χ3n) is 3.37. The van der Waals surface area contributed by atoms with E-state index in [1.807, 2.05) is 11.8 Å². The van der Waals surface area contributed by atoms with Crippen molar-refractivity contribution in [2.75, 3.05) is 12.3 Å². The maximum Gasteiger partial charge on any atom is 0.236 e. The molecule has 2 rings (SSSR count). The summed E-state index contributed by atoms with van der Waals surface area (Å²) in [5.74, 6) is 1.49. The molecular weight excluding hydrogens is 274 g/mol. The number of thioether (sulfide) groups is 1. The zero-order chi connectivity index (χ0) is 10.8. The van der Waals surface area contributed by atoms with Crippen LogP contribution in [0.5, 0.6) is 0 Å². The van der Waals surface area contributed by atoms with Gasteiger partial charge in [0, 0.05) is 17.8 Å². The predicted molar refractivity (Wildman–Crippen MR) is 68.6 cm³/mol. The minimum atomic E-state index is 0.0883. The number of halogens is 1. The molecule has 86 valence electrons. The molecule has 1 aliphatic carbocycles. The van der Waals surface area contributed by atoms with E-state index in [9.17, 15) is 4.79 Å². The summed E-state index contributed by atoms with van der Waals surface area (Å²) in [6, 6.07) is 0.519. The number of nitrogens with zero attached hydrogens (tertiary/aromatic N) is 1. The van der Waals surface area contributed by atoms with Crippen LogP contribution in [-0.2, 0) is 4.79 Å². The molecule has 15 heavy (non-hydrogen) atoms. The van der Waals surface area contributed by atoms with Gasteiger partial charge >= 0.3 is 0 Å². The molecule has 0 radical (unpaired) electrons. The zero-order valence-corrected chi connectivity index (χ0v) is 11.5. The van der Waals surface area contributed by atoms with E-state index < -0.39 is 0 Å². The first-order valence-electron chi connectivity index (χ1n) is 5.80. The van der Waals surface area contributed by atoms with Gasteiger partial charge in [-0.25, -0.2) is 0 Å². The minimum absolute atomic E-state index is 0.0883. The maximum atomic E-state index is 11.9. The Morgan fingerprint density at radius 1 is 1.47 bits per heavy atom. The summed E-state index contributed by atoms with van der Waals surface area (Å²) in [5.41, 5.74) is 0. The first kappa shape index (κ1) is 11.8. The second-order valence-electron chi connectivity index (χ2n) is 4.28. The molecule has 0 bridgehead atoms. The first-order valence-corrected chi connectivity index (χ1v) is 7.76. The molecule has 2 nitrogen and oxygen atoms in total. The van der Waals surface area contributed by atoms with Crippen LogP contribution >= 0.6 is 27.7 Å². The molecule has 1 heterocycles. The lowest BCUT2D eigenvalue weighted by molar-refractivity contribution is -0.128. The molecule has 0 aromatic rings. The quantitative estimate of drug-likeness (QED) is 0.745. The van der Waals surface area contributed by atoms with Gasteiger partial charge in [-0.2, -0.15) is 11.8 Å². The highest BCUT2D eigenvalue weighted by Gasteiger charge is 2.39. The van der Waals surface area contributed by atoms with Gasteiger partial charge in [0.2, 0.25) is 5.91 Å². The van der Waals surface area contributed by atoms with Gasteiger partial charge in [-0.1, -0.05) is 29.3 Å². The van der Waals surface area contributed by atoms with Crippen molar-refractivity contribution in [2.45, 2.75) is 48.7 Å². The van der Waals surface area contributed by atoms with E-state index in [1.54, 1.807) is 0 Å². The molecule has 0 spiro atoms. The van der Waals surface area contributed by atoms with Crippen molar-refractivity contribution in [2.24, 2.45) is 0 Å². The Bertz CT molecular complexity index is 249. The summed E-state index contributed by atoms with van der Waals surface area (Å²) in [4.78, 5) is 14.1. The number of likely N-dealkylation sites (tertiary alicyclic amines) is 1. The second-order valence-corrected chi connectivity index (χ2v) is 6.90. The smallest absolute Gasteiger partial charge is 0.236 e. The van der Waals surface area contributed by atoms with Crippen molar-refractivity contribution in [3.8, 4) is 0 Å². The highest BCUT2D eigenvalue weighted by Crippen LogP contribution is 2.36. The van der Waals surface area contributed by atoms with Crippen LogP contribution in [0.2, 0.25) is 0 Å². The van der Waals surface area contributed by atoms with E-state index in [1.165, 1.54) is 25.0 Å². The molecule has 2 aliphatic rings. The molecule has 0 aromatic carbocycles. The summed E-state index contributed by atoms with van der Waals surface area (Å²) in [6.45, 7) is 3.17. The lowest BCUT2D eigenvalue weighted by atomic mass is 10.2. The Balaban J connectivity index is 2.00. The van der Waals surface area contributed by atoms with Crippen LogP contribution < -0.4 is 0 Å². The summed E-state index contributed by atoms with van der Waals surface area (Å²) >= 11 is 5.48. The standard InChI is InChI=1S/C11H18BrNOS/c1-2-15-10-5-3-4-9(10)13-7-6-8(12)11(13)14/h8-10H,2-7H2,1H3. The number of carbonyl (C=O) groups is 1. The molecule has 1 amide bonds. The SMILES string of the molecule is CCSC1CCCC1N1CCC(Br)C1=O. The highest BCUT2D eigenvalue weighted by atomic mass is 79.9. The second kappa shape index (κ2) is 5.09. The third kappa shape index (κ3) is 2.36. The summed E-state index contributed by atoms with van der Waals surface area (Å²) < 4.78 is 0. The molecule has 4 heteroatoms. The van der Waals surface area contributed by atoms with Crippen LogP contribution in [0.1, 0.15) is 32.6 Å². The molecule has 1 saturated heterocycles. The van der Waals surface area contributed by atoms with Gasteiger partial charge in [0.25, 0.3) is 0 Å². The van der Waals surface area contributed by atoms with Crippen LogP contribution in [0.4, 0.5) is 0 Å². The van der Waals surface area contributed by atoms with E-state index in [2.05, 4.69) is 27.8 Å². The first-order chi connectivity index (χ1) is 7.24. The number of amides is 1. The third-order valence-corrected chi connectivity index (χ3v) is 5.53. The van der Waals surface area contributed by atoms with Gasteiger partial charge in [-0.05, 0) is 25.0 Å². The average Bonchev–Trinajstić information content (AvgIpc) is 2.77. The lowest BCUT2D eigenvalue weighted by Gasteiger charge is -2.29. The Hall–Kier alpha value is 0.300. The fourth-order valence-electron chi connectivity index (χ4n) is 2.67. The molecule has 0 N–H and O–H groups in total. The normalized spacial score (nSPS) is 36.5. The summed E-state index contributed by atoms with van der Waals surface area (Å²) in [7, 11) is 0. The number of hydrogen-bond donors (Lipinski definition) is 0. The Labute approximate surface area is 104 Å². The van der Waals surface area contributed by atoms with Crippen LogP contribution in [0.15, 0.2) is 0 Å². The maximum absolute atomic E-state index is 11.9. The van der Waals surface area contributed by atoms with Gasteiger partial charge < -0.3 is 4.90 Å². The van der Waals surface area contributed by atoms with Crippen molar-refractivity contribution < 1.29 is 4.79 Å². The highest BCUT2D eigenvalue weighted by molar-refractivity contribution is 9.10. The Kier molecular flexibility index (Phi) is 3.99. The topological polar surface area (TPSA) is 20.3 Å². The molecule has 2 fully saturated rings. The molecule has 0 aromatic heterocycles. The number of alkyl halides is 1. The van der Waals surface area contributed by atoms with E-state index in [0.29, 0.717) is 17.2 Å². The summed E-state index contributed by atoms with van der Waals surface area (Å²) in [6.07, 6.45) is 4.78. The number of rotatable bonds is 3. The predicted octanol–water partition coefficient (Wildman–Crippen LogP) is 2.66. The fraction of sp³-hybridized carbons (Fsp3) is 0.909. The average molecular weight is 292 g/mol.